The molecule has 108 valence electrons. The van der Waals surface area contributed by atoms with Crippen molar-refractivity contribution >= 4 is 23.0 Å². The number of carboxylic acids is 1. The van der Waals surface area contributed by atoms with Crippen molar-refractivity contribution < 1.29 is 14.6 Å². The number of ether oxygens (including phenoxy) is 1. The second kappa shape index (κ2) is 6.04. The smallest absolute Gasteiger partial charge is 0.335 e. The van der Waals surface area contributed by atoms with Crippen LogP contribution in [0.25, 0.3) is 0 Å². The number of rotatable bonds is 4. The van der Waals surface area contributed by atoms with Crippen LogP contribution in [0.3, 0.4) is 0 Å². The molecule has 2 aromatic rings. The van der Waals surface area contributed by atoms with E-state index in [2.05, 4.69) is 10.2 Å². The molecule has 0 spiro atoms. The number of anilines is 1. The molecule has 6 nitrogen and oxygen atoms in total. The fourth-order valence-corrected chi connectivity index (χ4v) is 1.77. The third-order valence-corrected chi connectivity index (χ3v) is 2.94. The van der Waals surface area contributed by atoms with E-state index in [4.69, 9.17) is 15.6 Å². The van der Waals surface area contributed by atoms with Crippen LogP contribution < -0.4 is 10.5 Å². The number of aromatic carboxylic acids is 1. The summed E-state index contributed by atoms with van der Waals surface area (Å²) in [5.41, 5.74) is 8.63. The Kier molecular flexibility index (Phi) is 4.18. The molecule has 6 heteroatoms. The molecule has 0 amide bonds. The first-order valence-electron chi connectivity index (χ1n) is 6.20. The molecule has 0 bridgehead atoms. The number of nitrogens with zero attached hydrogens (tertiary/aromatic N) is 2. The van der Waals surface area contributed by atoms with Gasteiger partial charge in [0.15, 0.2) is 0 Å². The highest BCUT2D eigenvalue weighted by atomic mass is 16.5. The molecular formula is C15H15N3O3. The van der Waals surface area contributed by atoms with E-state index in [1.54, 1.807) is 24.3 Å². The molecule has 0 saturated heterocycles. The Morgan fingerprint density at radius 3 is 2.43 bits per heavy atom. The highest BCUT2D eigenvalue weighted by Crippen LogP contribution is 2.31. The fraction of sp³-hybridized carbons (Fsp3) is 0.133. The number of azo groups is 1. The molecule has 0 fully saturated rings. The molecule has 3 N–H and O–H groups in total. The van der Waals surface area contributed by atoms with Crippen molar-refractivity contribution in [3.05, 3.63) is 47.5 Å². The van der Waals surface area contributed by atoms with Crippen LogP contribution in [-0.4, -0.2) is 18.2 Å². The number of nitrogens with two attached hydrogens (primary N) is 1. The second-order valence-corrected chi connectivity index (χ2v) is 4.43. The summed E-state index contributed by atoms with van der Waals surface area (Å²) in [6, 6.07) is 9.62. The predicted octanol–water partition coefficient (Wildman–Crippen LogP) is 3.70. The Balaban J connectivity index is 2.26. The zero-order valence-electron chi connectivity index (χ0n) is 11.7. The van der Waals surface area contributed by atoms with Gasteiger partial charge in [0.05, 0.1) is 29.7 Å². The van der Waals surface area contributed by atoms with Crippen LogP contribution in [-0.2, 0) is 0 Å². The average molecular weight is 285 g/mol. The Morgan fingerprint density at radius 1 is 1.19 bits per heavy atom. The highest BCUT2D eigenvalue weighted by Gasteiger charge is 2.05. The minimum atomic E-state index is -0.974. The van der Waals surface area contributed by atoms with Gasteiger partial charge in [-0.25, -0.2) is 4.79 Å². The first kappa shape index (κ1) is 14.5. The Hall–Kier alpha value is -2.89. The number of methoxy groups -OCH3 is 1. The number of aryl methyl sites for hydroxylation is 1. The number of carboxylic acid groups (broad SMARTS) is 1. The SMILES string of the molecule is COc1cc(N=Nc2ccc(C(=O)O)cc2)c(C)cc1N. The summed E-state index contributed by atoms with van der Waals surface area (Å²) in [6.07, 6.45) is 0. The summed E-state index contributed by atoms with van der Waals surface area (Å²) in [4.78, 5) is 10.8. The maximum Gasteiger partial charge on any atom is 0.335 e. The average Bonchev–Trinajstić information content (AvgIpc) is 2.47. The van der Waals surface area contributed by atoms with Gasteiger partial charge in [0.2, 0.25) is 0 Å². The van der Waals surface area contributed by atoms with E-state index in [1.807, 2.05) is 6.92 Å². The van der Waals surface area contributed by atoms with Gasteiger partial charge in [-0.05, 0) is 42.8 Å². The molecule has 2 aromatic carbocycles. The van der Waals surface area contributed by atoms with E-state index >= 15 is 0 Å². The topological polar surface area (TPSA) is 97.3 Å². The summed E-state index contributed by atoms with van der Waals surface area (Å²) < 4.78 is 5.14. The van der Waals surface area contributed by atoms with E-state index in [0.717, 1.165) is 5.56 Å². The van der Waals surface area contributed by atoms with Gasteiger partial charge in [-0.3, -0.25) is 0 Å². The maximum atomic E-state index is 10.8. The fourth-order valence-electron chi connectivity index (χ4n) is 1.77. The van der Waals surface area contributed by atoms with E-state index in [-0.39, 0.29) is 5.56 Å². The van der Waals surface area contributed by atoms with Gasteiger partial charge in [0.25, 0.3) is 0 Å². The van der Waals surface area contributed by atoms with Gasteiger partial charge in [-0.1, -0.05) is 0 Å². The lowest BCUT2D eigenvalue weighted by molar-refractivity contribution is 0.0697. The molecule has 0 aromatic heterocycles. The summed E-state index contributed by atoms with van der Waals surface area (Å²) in [7, 11) is 1.53. The number of hydrogen-bond acceptors (Lipinski definition) is 5. The summed E-state index contributed by atoms with van der Waals surface area (Å²) in [5.74, 6) is -0.437. The number of benzene rings is 2. The van der Waals surface area contributed by atoms with Crippen LogP contribution >= 0.6 is 0 Å². The van der Waals surface area contributed by atoms with Crippen LogP contribution in [0.15, 0.2) is 46.6 Å². The molecule has 0 unspecified atom stereocenters. The van der Waals surface area contributed by atoms with E-state index in [1.165, 1.54) is 19.2 Å². The largest absolute Gasteiger partial charge is 0.495 e. The third-order valence-electron chi connectivity index (χ3n) is 2.94. The van der Waals surface area contributed by atoms with Crippen molar-refractivity contribution in [2.45, 2.75) is 6.92 Å². The minimum absolute atomic E-state index is 0.208. The molecule has 0 aliphatic heterocycles. The van der Waals surface area contributed by atoms with Crippen molar-refractivity contribution in [3.63, 3.8) is 0 Å². The molecule has 0 atom stereocenters. The number of carbonyl (C=O) groups is 1. The van der Waals surface area contributed by atoms with Gasteiger partial charge in [-0.2, -0.15) is 10.2 Å². The molecular weight excluding hydrogens is 270 g/mol. The lowest BCUT2D eigenvalue weighted by Gasteiger charge is -2.07. The van der Waals surface area contributed by atoms with Gasteiger partial charge < -0.3 is 15.6 Å². The van der Waals surface area contributed by atoms with Crippen molar-refractivity contribution in [1.29, 1.82) is 0 Å². The van der Waals surface area contributed by atoms with Crippen molar-refractivity contribution in [1.82, 2.24) is 0 Å². The first-order valence-corrected chi connectivity index (χ1v) is 6.20. The Bertz CT molecular complexity index is 694. The molecule has 0 radical (unpaired) electrons. The van der Waals surface area contributed by atoms with E-state index in [0.29, 0.717) is 22.8 Å². The van der Waals surface area contributed by atoms with E-state index in [9.17, 15) is 4.79 Å². The lowest BCUT2D eigenvalue weighted by atomic mass is 10.1. The van der Waals surface area contributed by atoms with Gasteiger partial charge >= 0.3 is 5.97 Å². The van der Waals surface area contributed by atoms with Crippen LogP contribution in [0, 0.1) is 6.92 Å². The Morgan fingerprint density at radius 2 is 1.86 bits per heavy atom. The number of nitrogen functional groups attached to an aromatic ring is 1. The predicted molar refractivity (Wildman–Crippen MR) is 79.7 cm³/mol. The monoisotopic (exact) mass is 285 g/mol. The summed E-state index contributed by atoms with van der Waals surface area (Å²) >= 11 is 0. The molecule has 2 rings (SSSR count). The maximum absolute atomic E-state index is 10.8. The molecule has 21 heavy (non-hydrogen) atoms. The van der Waals surface area contributed by atoms with Crippen LogP contribution in [0.4, 0.5) is 17.1 Å². The van der Waals surface area contributed by atoms with Crippen LogP contribution in [0.1, 0.15) is 15.9 Å². The quantitative estimate of drug-likeness (QED) is 0.661. The van der Waals surface area contributed by atoms with Gasteiger partial charge in [0, 0.05) is 6.07 Å². The lowest BCUT2D eigenvalue weighted by Crippen LogP contribution is -1.94. The zero-order valence-corrected chi connectivity index (χ0v) is 11.7. The minimum Gasteiger partial charge on any atom is -0.495 e. The van der Waals surface area contributed by atoms with Crippen molar-refractivity contribution in [3.8, 4) is 5.75 Å². The van der Waals surface area contributed by atoms with Crippen LogP contribution in [0.2, 0.25) is 0 Å². The van der Waals surface area contributed by atoms with Crippen molar-refractivity contribution in [2.75, 3.05) is 12.8 Å². The van der Waals surface area contributed by atoms with Crippen molar-refractivity contribution in [2.24, 2.45) is 10.2 Å². The molecule has 0 aliphatic carbocycles. The number of hydrogen-bond donors (Lipinski definition) is 2. The van der Waals surface area contributed by atoms with Crippen LogP contribution in [0.5, 0.6) is 5.75 Å². The van der Waals surface area contributed by atoms with Gasteiger partial charge in [-0.15, -0.1) is 0 Å². The molecule has 0 aliphatic rings. The Labute approximate surface area is 121 Å². The summed E-state index contributed by atoms with van der Waals surface area (Å²) in [5, 5.41) is 17.0. The normalized spacial score (nSPS) is 10.8. The second-order valence-electron chi connectivity index (χ2n) is 4.43. The summed E-state index contributed by atoms with van der Waals surface area (Å²) in [6.45, 7) is 1.87. The van der Waals surface area contributed by atoms with Gasteiger partial charge in [0.1, 0.15) is 5.75 Å². The highest BCUT2D eigenvalue weighted by molar-refractivity contribution is 5.87. The van der Waals surface area contributed by atoms with E-state index < -0.39 is 5.97 Å². The molecule has 0 heterocycles. The molecule has 0 saturated carbocycles. The first-order chi connectivity index (χ1) is 10.0. The third kappa shape index (κ3) is 3.36. The standard InChI is InChI=1S/C15H15N3O3/c1-9-7-12(16)14(21-2)8-13(9)18-17-11-5-3-10(4-6-11)15(19)20/h3-8H,16H2,1-2H3,(H,19,20). The zero-order chi connectivity index (χ0) is 15.4.